The van der Waals surface area contributed by atoms with Crippen LogP contribution in [0.5, 0.6) is 0 Å². The SMILES string of the molecule is CCCCCC[N+]1(CC)CCCC1.N=C1C2=Cc3ccccc3C2=CC(S(=O)(=O)C(F)(F)C(F)(F)F)=C1S(=O)(=O)C(F)(F)C(F)(F)F. The van der Waals surface area contributed by atoms with E-state index in [1.165, 1.54) is 87.4 Å². The predicted octanol–water partition coefficient (Wildman–Crippen LogP) is 8.05. The molecule has 0 saturated carbocycles. The molecule has 1 N–H and O–H groups in total. The van der Waals surface area contributed by atoms with Crippen molar-refractivity contribution in [2.75, 3.05) is 26.2 Å². The van der Waals surface area contributed by atoms with E-state index in [0.29, 0.717) is 0 Å². The molecular formula is C29H33F10N2O4S2+. The summed E-state index contributed by atoms with van der Waals surface area (Å²) in [4.78, 5) is -5.57. The van der Waals surface area contributed by atoms with Crippen molar-refractivity contribution in [2.45, 2.75) is 75.2 Å². The Kier molecular flexibility index (Phi) is 10.9. The molecule has 0 radical (unpaired) electrons. The van der Waals surface area contributed by atoms with Crippen molar-refractivity contribution < 1.29 is 65.2 Å². The molecule has 1 aromatic rings. The number of nitrogens with zero attached hydrogens (tertiary/aromatic N) is 1. The summed E-state index contributed by atoms with van der Waals surface area (Å²) in [5, 5.41) is -5.85. The third-order valence-electron chi connectivity index (χ3n) is 8.40. The van der Waals surface area contributed by atoms with Gasteiger partial charge < -0.3 is 4.48 Å². The fourth-order valence-corrected chi connectivity index (χ4v) is 8.79. The Morgan fingerprint density at radius 2 is 1.26 bits per heavy atom. The van der Waals surface area contributed by atoms with Gasteiger partial charge >= 0.3 is 22.9 Å². The topological polar surface area (TPSA) is 92.1 Å². The van der Waals surface area contributed by atoms with Gasteiger partial charge in [0.2, 0.25) is 0 Å². The zero-order chi connectivity index (χ0) is 35.9. The molecule has 3 aliphatic rings. The average molecular weight is 728 g/mol. The summed E-state index contributed by atoms with van der Waals surface area (Å²) in [5.41, 5.74) is -3.48. The number of unbranched alkanes of at least 4 members (excludes halogenated alkanes) is 3. The van der Waals surface area contributed by atoms with Crippen LogP contribution >= 0.6 is 0 Å². The van der Waals surface area contributed by atoms with Crippen LogP contribution in [0.3, 0.4) is 0 Å². The molecule has 1 aliphatic heterocycles. The zero-order valence-electron chi connectivity index (χ0n) is 25.2. The number of fused-ring (bicyclic) bond motifs is 3. The van der Waals surface area contributed by atoms with Crippen molar-refractivity contribution in [3.05, 3.63) is 56.9 Å². The number of halogens is 10. The fraction of sp³-hybridized carbons (Fsp3) is 0.552. The van der Waals surface area contributed by atoms with Gasteiger partial charge in [-0.25, -0.2) is 16.8 Å². The van der Waals surface area contributed by atoms with Crippen LogP contribution in [-0.4, -0.2) is 76.1 Å². The maximum absolute atomic E-state index is 13.9. The highest BCUT2D eigenvalue weighted by Crippen LogP contribution is 2.52. The summed E-state index contributed by atoms with van der Waals surface area (Å²) in [6.07, 6.45) is -4.56. The van der Waals surface area contributed by atoms with Gasteiger partial charge in [-0.1, -0.05) is 44.0 Å². The summed E-state index contributed by atoms with van der Waals surface area (Å²) < 4.78 is 183. The van der Waals surface area contributed by atoms with Crippen LogP contribution in [0.15, 0.2) is 45.7 Å². The van der Waals surface area contributed by atoms with Crippen molar-refractivity contribution in [2.24, 2.45) is 0 Å². The summed E-state index contributed by atoms with van der Waals surface area (Å²) in [6.45, 7) is 10.4. The van der Waals surface area contributed by atoms with Gasteiger partial charge in [0.25, 0.3) is 19.7 Å². The number of nitrogens with one attached hydrogen (secondary N) is 1. The number of benzene rings is 1. The Morgan fingerprint density at radius 1 is 0.723 bits per heavy atom. The Labute approximate surface area is 265 Å². The molecule has 1 aromatic carbocycles. The van der Waals surface area contributed by atoms with Gasteiger partial charge in [-0.3, -0.25) is 5.41 Å². The van der Waals surface area contributed by atoms with Crippen LogP contribution in [0.4, 0.5) is 43.9 Å². The summed E-state index contributed by atoms with van der Waals surface area (Å²) in [5.74, 6) is 0. The molecule has 2 aliphatic carbocycles. The molecule has 0 bridgehead atoms. The molecule has 1 heterocycles. The van der Waals surface area contributed by atoms with Crippen LogP contribution < -0.4 is 0 Å². The largest absolute Gasteiger partial charge is 0.469 e. The second-order valence-corrected chi connectivity index (χ2v) is 15.3. The van der Waals surface area contributed by atoms with Crippen molar-refractivity contribution >= 4 is 37.0 Å². The van der Waals surface area contributed by atoms with Crippen LogP contribution in [0, 0.1) is 5.41 Å². The van der Waals surface area contributed by atoms with Crippen molar-refractivity contribution in [1.29, 1.82) is 5.41 Å². The highest BCUT2D eigenvalue weighted by atomic mass is 32.2. The van der Waals surface area contributed by atoms with Gasteiger partial charge in [0.05, 0.1) is 36.8 Å². The molecule has 1 saturated heterocycles. The number of likely N-dealkylation sites (tertiary alicyclic amines) is 1. The first-order valence-corrected chi connectivity index (χ1v) is 17.5. The Morgan fingerprint density at radius 3 is 1.77 bits per heavy atom. The van der Waals surface area contributed by atoms with Crippen LogP contribution in [0.1, 0.15) is 63.5 Å². The molecule has 47 heavy (non-hydrogen) atoms. The first-order valence-electron chi connectivity index (χ1n) is 14.5. The molecule has 0 atom stereocenters. The number of sulfone groups is 2. The molecular weight excluding hydrogens is 694 g/mol. The van der Waals surface area contributed by atoms with Crippen molar-refractivity contribution in [3.63, 3.8) is 0 Å². The summed E-state index contributed by atoms with van der Waals surface area (Å²) >= 11 is 0. The molecule has 4 rings (SSSR count). The van der Waals surface area contributed by atoms with Gasteiger partial charge in [-0.2, -0.15) is 43.9 Å². The van der Waals surface area contributed by atoms with E-state index in [0.717, 1.165) is 12.1 Å². The molecule has 18 heteroatoms. The van der Waals surface area contributed by atoms with Gasteiger partial charge in [0.15, 0.2) is 0 Å². The van der Waals surface area contributed by atoms with E-state index in [-0.39, 0.29) is 17.2 Å². The lowest BCUT2D eigenvalue weighted by Gasteiger charge is -2.33. The molecule has 0 amide bonds. The number of hydrogen-bond acceptors (Lipinski definition) is 5. The maximum atomic E-state index is 13.9. The number of allylic oxidation sites excluding steroid dienone is 4. The molecule has 0 spiro atoms. The van der Waals surface area contributed by atoms with Crippen LogP contribution in [0.2, 0.25) is 0 Å². The quantitative estimate of drug-likeness (QED) is 0.150. The first-order chi connectivity index (χ1) is 21.4. The Hall–Kier alpha value is -2.73. The molecule has 1 fully saturated rings. The van der Waals surface area contributed by atoms with Gasteiger partial charge in [-0.05, 0) is 48.6 Å². The predicted molar refractivity (Wildman–Crippen MR) is 156 cm³/mol. The third kappa shape index (κ3) is 6.91. The second kappa shape index (κ2) is 13.3. The Balaban J connectivity index is 0.000000386. The minimum absolute atomic E-state index is 0.0223. The standard InChI is InChI=1S/C17H7F10NO4S2.C12H26N/c18-14(19,20)16(24,25)33(29,30)11-6-9-8-4-2-1-3-7(8)5-10(9)12(28)13(11)34(31,32)17(26,27)15(21,22)23;1-3-5-6-7-10-13(4-2)11-8-9-12-13/h1-6,28H;3-12H2,1-2H3/q;+1. The lowest BCUT2D eigenvalue weighted by atomic mass is 9.95. The van der Waals surface area contributed by atoms with E-state index in [2.05, 4.69) is 13.8 Å². The lowest BCUT2D eigenvalue weighted by Crippen LogP contribution is -2.48. The number of rotatable bonds is 10. The van der Waals surface area contributed by atoms with E-state index in [1.807, 2.05) is 0 Å². The highest BCUT2D eigenvalue weighted by Gasteiger charge is 2.72. The van der Waals surface area contributed by atoms with Gasteiger partial charge in [0, 0.05) is 18.4 Å². The maximum Gasteiger partial charge on any atom is 0.469 e. The van der Waals surface area contributed by atoms with E-state index in [1.54, 1.807) is 0 Å². The highest BCUT2D eigenvalue weighted by molar-refractivity contribution is 8.01. The molecule has 264 valence electrons. The zero-order valence-corrected chi connectivity index (χ0v) is 26.8. The van der Waals surface area contributed by atoms with E-state index >= 15 is 0 Å². The van der Waals surface area contributed by atoms with Crippen molar-refractivity contribution in [1.82, 2.24) is 0 Å². The molecule has 0 aromatic heterocycles. The second-order valence-electron chi connectivity index (χ2n) is 11.4. The van der Waals surface area contributed by atoms with Crippen LogP contribution in [-0.2, 0) is 19.7 Å². The minimum Gasteiger partial charge on any atom is -0.324 e. The fourth-order valence-electron chi connectivity index (χ4n) is 5.67. The normalized spacial score (nSPS) is 18.7. The minimum atomic E-state index is -7.40. The third-order valence-corrected chi connectivity index (χ3v) is 12.2. The molecule has 0 unspecified atom stereocenters. The lowest BCUT2D eigenvalue weighted by molar-refractivity contribution is -0.915. The van der Waals surface area contributed by atoms with Gasteiger partial charge in [-0.15, -0.1) is 0 Å². The number of alkyl halides is 10. The first kappa shape index (κ1) is 38.7. The van der Waals surface area contributed by atoms with E-state index in [9.17, 15) is 60.7 Å². The smallest absolute Gasteiger partial charge is 0.324 e. The molecule has 6 nitrogen and oxygen atoms in total. The summed E-state index contributed by atoms with van der Waals surface area (Å²) in [7, 11) is -14.7. The van der Waals surface area contributed by atoms with Gasteiger partial charge in [0.1, 0.15) is 4.91 Å². The summed E-state index contributed by atoms with van der Waals surface area (Å²) in [6, 6.07) is 4.95. The average Bonchev–Trinajstić information content (AvgIpc) is 3.60. The van der Waals surface area contributed by atoms with Crippen LogP contribution in [0.25, 0.3) is 11.6 Å². The van der Waals surface area contributed by atoms with E-state index in [4.69, 9.17) is 5.41 Å². The Bertz CT molecular complexity index is 1690. The van der Waals surface area contributed by atoms with E-state index < -0.39 is 69.2 Å². The monoisotopic (exact) mass is 727 g/mol. The number of quaternary nitrogens is 1. The van der Waals surface area contributed by atoms with Crippen molar-refractivity contribution in [3.8, 4) is 0 Å². The number of hydrogen-bond donors (Lipinski definition) is 1.